The van der Waals surface area contributed by atoms with Gasteiger partial charge in [-0.05, 0) is 49.1 Å². The molecule has 3 heteroatoms. The number of halogens is 1. The van der Waals surface area contributed by atoms with Crippen molar-refractivity contribution >= 4 is 21.6 Å². The highest BCUT2D eigenvalue weighted by Gasteiger charge is 2.10. The first kappa shape index (κ1) is 13.5. The summed E-state index contributed by atoms with van der Waals surface area (Å²) in [6, 6.07) is 6.35. The van der Waals surface area contributed by atoms with E-state index in [-0.39, 0.29) is 0 Å². The summed E-state index contributed by atoms with van der Waals surface area (Å²) in [7, 11) is 0. The van der Waals surface area contributed by atoms with Crippen molar-refractivity contribution in [2.75, 3.05) is 18.4 Å². The molecular formula is C13H21BrN2. The van der Waals surface area contributed by atoms with Crippen LogP contribution in [0.3, 0.4) is 0 Å². The Morgan fingerprint density at radius 3 is 2.50 bits per heavy atom. The van der Waals surface area contributed by atoms with Crippen molar-refractivity contribution in [2.24, 2.45) is 17.6 Å². The lowest BCUT2D eigenvalue weighted by Crippen LogP contribution is -2.27. The van der Waals surface area contributed by atoms with Gasteiger partial charge in [0.1, 0.15) is 0 Å². The van der Waals surface area contributed by atoms with Gasteiger partial charge in [0.05, 0.1) is 0 Å². The second-order valence-corrected chi connectivity index (χ2v) is 5.55. The summed E-state index contributed by atoms with van der Waals surface area (Å²) < 4.78 is 1.11. The molecule has 0 heterocycles. The molecule has 2 nitrogen and oxygen atoms in total. The molecule has 0 bridgehead atoms. The second-order valence-electron chi connectivity index (χ2n) is 4.64. The van der Waals surface area contributed by atoms with Crippen molar-refractivity contribution < 1.29 is 0 Å². The van der Waals surface area contributed by atoms with Gasteiger partial charge in [-0.25, -0.2) is 0 Å². The molecule has 0 fully saturated rings. The number of rotatable bonds is 5. The molecule has 0 saturated carbocycles. The monoisotopic (exact) mass is 284 g/mol. The molecule has 1 unspecified atom stereocenters. The lowest BCUT2D eigenvalue weighted by molar-refractivity contribution is 0.413. The summed E-state index contributed by atoms with van der Waals surface area (Å²) in [4.78, 5) is 0. The first-order valence-electron chi connectivity index (χ1n) is 5.74. The minimum atomic E-state index is 0.527. The fourth-order valence-electron chi connectivity index (χ4n) is 1.68. The summed E-state index contributed by atoms with van der Waals surface area (Å²) in [5.41, 5.74) is 8.16. The van der Waals surface area contributed by atoms with Crippen LogP contribution in [0.5, 0.6) is 0 Å². The standard InChI is InChI=1S/C13H21BrN2/c1-9(2)11(7-15)8-16-13-5-10(3)4-12(14)6-13/h4-6,9,11,16H,7-8,15H2,1-3H3. The van der Waals surface area contributed by atoms with E-state index in [0.717, 1.165) is 23.2 Å². The number of hydrogen-bond donors (Lipinski definition) is 2. The second kappa shape index (κ2) is 6.26. The Hall–Kier alpha value is -0.540. The van der Waals surface area contributed by atoms with Crippen molar-refractivity contribution in [1.29, 1.82) is 0 Å². The van der Waals surface area contributed by atoms with Crippen LogP contribution in [0.15, 0.2) is 22.7 Å². The van der Waals surface area contributed by atoms with Crippen LogP contribution in [0.4, 0.5) is 5.69 Å². The highest BCUT2D eigenvalue weighted by Crippen LogP contribution is 2.20. The Kier molecular flexibility index (Phi) is 5.29. The molecule has 3 N–H and O–H groups in total. The molecule has 0 amide bonds. The van der Waals surface area contributed by atoms with E-state index in [9.17, 15) is 0 Å². The zero-order valence-electron chi connectivity index (χ0n) is 10.3. The van der Waals surface area contributed by atoms with E-state index in [0.29, 0.717) is 11.8 Å². The fraction of sp³-hybridized carbons (Fsp3) is 0.538. The summed E-state index contributed by atoms with van der Waals surface area (Å²) >= 11 is 3.50. The summed E-state index contributed by atoms with van der Waals surface area (Å²) in [5.74, 6) is 1.14. The minimum Gasteiger partial charge on any atom is -0.385 e. The maximum atomic E-state index is 5.75. The van der Waals surface area contributed by atoms with Gasteiger partial charge in [0.15, 0.2) is 0 Å². The van der Waals surface area contributed by atoms with Gasteiger partial charge in [-0.3, -0.25) is 0 Å². The molecule has 1 aromatic carbocycles. The van der Waals surface area contributed by atoms with Crippen LogP contribution in [-0.4, -0.2) is 13.1 Å². The summed E-state index contributed by atoms with van der Waals surface area (Å²) in [6.45, 7) is 8.19. The predicted molar refractivity (Wildman–Crippen MR) is 74.8 cm³/mol. The summed E-state index contributed by atoms with van der Waals surface area (Å²) in [6.07, 6.45) is 0. The van der Waals surface area contributed by atoms with Crippen molar-refractivity contribution in [2.45, 2.75) is 20.8 Å². The molecule has 16 heavy (non-hydrogen) atoms. The van der Waals surface area contributed by atoms with Gasteiger partial charge in [-0.15, -0.1) is 0 Å². The van der Waals surface area contributed by atoms with Crippen LogP contribution in [0.1, 0.15) is 19.4 Å². The van der Waals surface area contributed by atoms with Gasteiger partial charge in [-0.1, -0.05) is 29.8 Å². The number of aryl methyl sites for hydroxylation is 1. The molecular weight excluding hydrogens is 264 g/mol. The number of nitrogens with one attached hydrogen (secondary N) is 1. The normalized spacial score (nSPS) is 12.9. The topological polar surface area (TPSA) is 38.0 Å². The van der Waals surface area contributed by atoms with Crippen LogP contribution in [0, 0.1) is 18.8 Å². The summed E-state index contributed by atoms with van der Waals surface area (Å²) in [5, 5.41) is 3.45. The van der Waals surface area contributed by atoms with Gasteiger partial charge in [-0.2, -0.15) is 0 Å². The third-order valence-corrected chi connectivity index (χ3v) is 3.31. The van der Waals surface area contributed by atoms with Gasteiger partial charge >= 0.3 is 0 Å². The lowest BCUT2D eigenvalue weighted by Gasteiger charge is -2.20. The number of anilines is 1. The maximum Gasteiger partial charge on any atom is 0.0354 e. The zero-order chi connectivity index (χ0) is 12.1. The van der Waals surface area contributed by atoms with Crippen molar-refractivity contribution in [3.05, 3.63) is 28.2 Å². The first-order chi connectivity index (χ1) is 7.52. The SMILES string of the molecule is Cc1cc(Br)cc(NCC(CN)C(C)C)c1. The molecule has 0 aliphatic heterocycles. The average Bonchev–Trinajstić information content (AvgIpc) is 2.16. The van der Waals surface area contributed by atoms with Gasteiger partial charge in [0, 0.05) is 16.7 Å². The Morgan fingerprint density at radius 2 is 2.00 bits per heavy atom. The fourth-order valence-corrected chi connectivity index (χ4v) is 2.29. The third-order valence-electron chi connectivity index (χ3n) is 2.86. The van der Waals surface area contributed by atoms with E-state index in [4.69, 9.17) is 5.73 Å². The third kappa shape index (κ3) is 4.14. The van der Waals surface area contributed by atoms with E-state index in [1.807, 2.05) is 0 Å². The molecule has 0 aliphatic rings. The van der Waals surface area contributed by atoms with E-state index < -0.39 is 0 Å². The largest absolute Gasteiger partial charge is 0.385 e. The lowest BCUT2D eigenvalue weighted by atomic mass is 9.96. The molecule has 0 aliphatic carbocycles. The Balaban J connectivity index is 2.60. The number of nitrogens with two attached hydrogens (primary N) is 1. The van der Waals surface area contributed by atoms with Crippen LogP contribution in [0.25, 0.3) is 0 Å². The van der Waals surface area contributed by atoms with Crippen molar-refractivity contribution in [3.8, 4) is 0 Å². The van der Waals surface area contributed by atoms with Gasteiger partial charge in [0.2, 0.25) is 0 Å². The Morgan fingerprint density at radius 1 is 1.31 bits per heavy atom. The quantitative estimate of drug-likeness (QED) is 0.870. The molecule has 0 radical (unpaired) electrons. The minimum absolute atomic E-state index is 0.527. The van der Waals surface area contributed by atoms with Gasteiger partial charge < -0.3 is 11.1 Å². The molecule has 1 atom stereocenters. The van der Waals surface area contributed by atoms with Gasteiger partial charge in [0.25, 0.3) is 0 Å². The first-order valence-corrected chi connectivity index (χ1v) is 6.53. The predicted octanol–water partition coefficient (Wildman–Crippen LogP) is 3.40. The Bertz CT molecular complexity index is 316. The van der Waals surface area contributed by atoms with E-state index in [1.165, 1.54) is 5.56 Å². The van der Waals surface area contributed by atoms with E-state index in [1.54, 1.807) is 0 Å². The average molecular weight is 285 g/mol. The number of benzene rings is 1. The molecule has 0 spiro atoms. The Labute approximate surface area is 107 Å². The van der Waals surface area contributed by atoms with E-state index >= 15 is 0 Å². The van der Waals surface area contributed by atoms with Crippen LogP contribution >= 0.6 is 15.9 Å². The molecule has 1 aromatic rings. The number of hydrogen-bond acceptors (Lipinski definition) is 2. The van der Waals surface area contributed by atoms with Crippen molar-refractivity contribution in [1.82, 2.24) is 0 Å². The van der Waals surface area contributed by atoms with Crippen molar-refractivity contribution in [3.63, 3.8) is 0 Å². The molecule has 1 rings (SSSR count). The van der Waals surface area contributed by atoms with Crippen LogP contribution < -0.4 is 11.1 Å². The highest BCUT2D eigenvalue weighted by molar-refractivity contribution is 9.10. The highest BCUT2D eigenvalue weighted by atomic mass is 79.9. The molecule has 90 valence electrons. The van der Waals surface area contributed by atoms with E-state index in [2.05, 4.69) is 60.2 Å². The zero-order valence-corrected chi connectivity index (χ0v) is 11.8. The maximum absolute atomic E-state index is 5.75. The van der Waals surface area contributed by atoms with Crippen LogP contribution in [0.2, 0.25) is 0 Å². The van der Waals surface area contributed by atoms with Crippen LogP contribution in [-0.2, 0) is 0 Å². The molecule has 0 aromatic heterocycles. The molecule has 0 saturated heterocycles. The smallest absolute Gasteiger partial charge is 0.0354 e.